The molecule has 2 aromatic rings. The number of rotatable bonds is 6. The predicted octanol–water partition coefficient (Wildman–Crippen LogP) is 3.54. The molecule has 1 fully saturated rings. The SMILES string of the molecule is COc1c(C(C)Nc2ncnc(N)c2C(C)=N)cc(Cl)c(C)c1C1CN(C(C)=O)C1. The summed E-state index contributed by atoms with van der Waals surface area (Å²) in [5.41, 5.74) is 9.55. The number of benzene rings is 1. The molecule has 0 saturated carbocycles. The molecule has 9 heteroatoms. The molecule has 30 heavy (non-hydrogen) atoms. The van der Waals surface area contributed by atoms with Gasteiger partial charge in [0.2, 0.25) is 5.91 Å². The Hall–Kier alpha value is -2.87. The Morgan fingerprint density at radius 3 is 2.63 bits per heavy atom. The maximum atomic E-state index is 11.6. The number of methoxy groups -OCH3 is 1. The van der Waals surface area contributed by atoms with E-state index in [1.807, 2.05) is 19.9 Å². The van der Waals surface area contributed by atoms with Crippen LogP contribution in [0.4, 0.5) is 11.6 Å². The first-order valence-electron chi connectivity index (χ1n) is 9.70. The van der Waals surface area contributed by atoms with Crippen molar-refractivity contribution in [1.82, 2.24) is 14.9 Å². The lowest BCUT2D eigenvalue weighted by Gasteiger charge is -2.40. The number of amides is 1. The second-order valence-electron chi connectivity index (χ2n) is 7.61. The summed E-state index contributed by atoms with van der Waals surface area (Å²) in [7, 11) is 1.64. The minimum atomic E-state index is -0.229. The molecule has 0 spiro atoms. The minimum absolute atomic E-state index is 0.0658. The van der Waals surface area contributed by atoms with Crippen LogP contribution in [-0.4, -0.2) is 46.7 Å². The van der Waals surface area contributed by atoms with Gasteiger partial charge in [-0.25, -0.2) is 9.97 Å². The number of hydrogen-bond donors (Lipinski definition) is 3. The number of halogens is 1. The van der Waals surface area contributed by atoms with Gasteiger partial charge in [0.25, 0.3) is 0 Å². The van der Waals surface area contributed by atoms with Gasteiger partial charge in [0.1, 0.15) is 23.7 Å². The molecule has 0 radical (unpaired) electrons. The predicted molar refractivity (Wildman–Crippen MR) is 119 cm³/mol. The average Bonchev–Trinajstić information content (AvgIpc) is 2.63. The van der Waals surface area contributed by atoms with E-state index in [4.69, 9.17) is 27.5 Å². The summed E-state index contributed by atoms with van der Waals surface area (Å²) in [6.07, 6.45) is 1.37. The highest BCUT2D eigenvalue weighted by atomic mass is 35.5. The zero-order valence-electron chi connectivity index (χ0n) is 17.8. The molecular formula is C21H27ClN6O2. The first kappa shape index (κ1) is 21.8. The van der Waals surface area contributed by atoms with Crippen molar-refractivity contribution in [2.24, 2.45) is 0 Å². The molecule has 2 heterocycles. The van der Waals surface area contributed by atoms with Gasteiger partial charge in [0, 0.05) is 47.8 Å². The van der Waals surface area contributed by atoms with Crippen LogP contribution in [0.2, 0.25) is 5.02 Å². The van der Waals surface area contributed by atoms with E-state index in [0.29, 0.717) is 29.5 Å². The second-order valence-corrected chi connectivity index (χ2v) is 8.02. The van der Waals surface area contributed by atoms with Crippen molar-refractivity contribution >= 4 is 34.9 Å². The summed E-state index contributed by atoms with van der Waals surface area (Å²) in [5, 5.41) is 12.0. The molecule has 1 aromatic carbocycles. The summed E-state index contributed by atoms with van der Waals surface area (Å²) in [5.74, 6) is 1.72. The first-order valence-corrected chi connectivity index (χ1v) is 10.1. The molecule has 3 rings (SSSR count). The number of hydrogen-bond acceptors (Lipinski definition) is 7. The number of nitrogen functional groups attached to an aromatic ring is 1. The van der Waals surface area contributed by atoms with Gasteiger partial charge in [-0.15, -0.1) is 0 Å². The maximum absolute atomic E-state index is 11.6. The molecule has 1 aromatic heterocycles. The van der Waals surface area contributed by atoms with Crippen LogP contribution in [0.15, 0.2) is 12.4 Å². The third-order valence-corrected chi connectivity index (χ3v) is 5.95. The van der Waals surface area contributed by atoms with Gasteiger partial charge in [-0.3, -0.25) is 4.79 Å². The van der Waals surface area contributed by atoms with Crippen molar-refractivity contribution in [3.63, 3.8) is 0 Å². The van der Waals surface area contributed by atoms with Crippen molar-refractivity contribution in [3.8, 4) is 5.75 Å². The van der Waals surface area contributed by atoms with E-state index in [9.17, 15) is 4.79 Å². The topological polar surface area (TPSA) is 117 Å². The highest BCUT2D eigenvalue weighted by molar-refractivity contribution is 6.31. The molecule has 8 nitrogen and oxygen atoms in total. The molecule has 0 bridgehead atoms. The number of anilines is 2. The quantitative estimate of drug-likeness (QED) is 0.603. The van der Waals surface area contributed by atoms with E-state index >= 15 is 0 Å². The highest BCUT2D eigenvalue weighted by Crippen LogP contribution is 2.43. The Morgan fingerprint density at radius 1 is 1.40 bits per heavy atom. The van der Waals surface area contributed by atoms with Gasteiger partial charge in [-0.05, 0) is 32.4 Å². The fourth-order valence-electron chi connectivity index (χ4n) is 3.89. The second kappa shape index (κ2) is 8.47. The van der Waals surface area contributed by atoms with E-state index in [0.717, 1.165) is 22.4 Å². The molecule has 160 valence electrons. The molecular weight excluding hydrogens is 404 g/mol. The van der Waals surface area contributed by atoms with Crippen molar-refractivity contribution in [3.05, 3.63) is 39.7 Å². The third kappa shape index (κ3) is 3.92. The zero-order chi connectivity index (χ0) is 22.2. The molecule has 1 aliphatic rings. The summed E-state index contributed by atoms with van der Waals surface area (Å²) in [6.45, 7) is 8.45. The number of nitrogens with two attached hydrogens (primary N) is 1. The Balaban J connectivity index is 2.00. The third-order valence-electron chi connectivity index (χ3n) is 5.56. The number of ether oxygens (including phenoxy) is 1. The smallest absolute Gasteiger partial charge is 0.219 e. The zero-order valence-corrected chi connectivity index (χ0v) is 18.6. The number of likely N-dealkylation sites (tertiary alicyclic amines) is 1. The van der Waals surface area contributed by atoms with Crippen LogP contribution in [0.1, 0.15) is 55.0 Å². The first-order chi connectivity index (χ1) is 14.1. The molecule has 1 aliphatic heterocycles. The van der Waals surface area contributed by atoms with Gasteiger partial charge >= 0.3 is 0 Å². The van der Waals surface area contributed by atoms with E-state index in [2.05, 4.69) is 15.3 Å². The molecule has 1 atom stereocenters. The van der Waals surface area contributed by atoms with Crippen molar-refractivity contribution in [2.45, 2.75) is 39.7 Å². The van der Waals surface area contributed by atoms with Crippen molar-refractivity contribution in [2.75, 3.05) is 31.2 Å². The van der Waals surface area contributed by atoms with Crippen LogP contribution in [0.25, 0.3) is 0 Å². The van der Waals surface area contributed by atoms with Gasteiger partial charge in [-0.1, -0.05) is 11.6 Å². The van der Waals surface area contributed by atoms with Gasteiger partial charge in [-0.2, -0.15) is 0 Å². The van der Waals surface area contributed by atoms with E-state index < -0.39 is 0 Å². The van der Waals surface area contributed by atoms with Gasteiger partial charge in [0.15, 0.2) is 0 Å². The van der Waals surface area contributed by atoms with Crippen LogP contribution < -0.4 is 15.8 Å². The summed E-state index contributed by atoms with van der Waals surface area (Å²) in [4.78, 5) is 21.7. The molecule has 0 aliphatic carbocycles. The fourth-order valence-corrected chi connectivity index (χ4v) is 4.10. The normalized spacial score (nSPS) is 14.8. The van der Waals surface area contributed by atoms with Crippen LogP contribution >= 0.6 is 11.6 Å². The number of nitrogens with one attached hydrogen (secondary N) is 2. The maximum Gasteiger partial charge on any atom is 0.219 e. The van der Waals surface area contributed by atoms with Crippen LogP contribution in [0.5, 0.6) is 5.75 Å². The summed E-state index contributed by atoms with van der Waals surface area (Å²) >= 11 is 6.58. The number of aromatic nitrogens is 2. The highest BCUT2D eigenvalue weighted by Gasteiger charge is 2.35. The molecule has 1 amide bonds. The van der Waals surface area contributed by atoms with Crippen LogP contribution in [-0.2, 0) is 4.79 Å². The van der Waals surface area contributed by atoms with Crippen LogP contribution in [0, 0.1) is 12.3 Å². The molecule has 1 saturated heterocycles. The average molecular weight is 431 g/mol. The largest absolute Gasteiger partial charge is 0.496 e. The number of nitrogens with zero attached hydrogens (tertiary/aromatic N) is 3. The lowest BCUT2D eigenvalue weighted by Crippen LogP contribution is -2.47. The summed E-state index contributed by atoms with van der Waals surface area (Å²) in [6, 6.07) is 1.66. The fraction of sp³-hybridized carbons (Fsp3) is 0.429. The Kier molecular flexibility index (Phi) is 6.17. The minimum Gasteiger partial charge on any atom is -0.496 e. The molecule has 1 unspecified atom stereocenters. The molecule has 4 N–H and O–H groups in total. The Labute approximate surface area is 181 Å². The Morgan fingerprint density at radius 2 is 2.07 bits per heavy atom. The van der Waals surface area contributed by atoms with E-state index in [1.54, 1.807) is 25.9 Å². The van der Waals surface area contributed by atoms with E-state index in [-0.39, 0.29) is 29.4 Å². The number of carbonyl (C=O) groups excluding carboxylic acids is 1. The Bertz CT molecular complexity index is 1000. The van der Waals surface area contributed by atoms with Gasteiger partial charge in [0.05, 0.1) is 18.7 Å². The van der Waals surface area contributed by atoms with Gasteiger partial charge < -0.3 is 26.1 Å². The monoisotopic (exact) mass is 430 g/mol. The van der Waals surface area contributed by atoms with Crippen molar-refractivity contribution in [1.29, 1.82) is 5.41 Å². The standard InChI is InChI=1S/C21H27ClN6O2/c1-10-16(22)6-15(19(30-5)17(10)14-7-28(8-14)13(4)29)12(3)27-21-18(11(2)23)20(24)25-9-26-21/h6,9,12,14,23H,7-8H2,1-5H3,(H3,24,25,26,27). The van der Waals surface area contributed by atoms with E-state index in [1.165, 1.54) is 6.33 Å². The lowest BCUT2D eigenvalue weighted by atomic mass is 9.85. The lowest BCUT2D eigenvalue weighted by molar-refractivity contribution is -0.133. The summed E-state index contributed by atoms with van der Waals surface area (Å²) < 4.78 is 5.82. The van der Waals surface area contributed by atoms with Crippen molar-refractivity contribution < 1.29 is 9.53 Å². The number of carbonyl (C=O) groups is 1. The van der Waals surface area contributed by atoms with Crippen LogP contribution in [0.3, 0.4) is 0 Å².